The standard InChI is InChI=1S/C9H12N2O3/c1-6-7(2)14-8(11-6)5-10-4-3-9(12)13/h3-4,10H,5H2,1-2H3,(H,12,13)/b4-3+. The maximum Gasteiger partial charge on any atom is 0.329 e. The summed E-state index contributed by atoms with van der Waals surface area (Å²) in [5.74, 6) is 0.344. The second-order valence-corrected chi connectivity index (χ2v) is 2.80. The fourth-order valence-corrected chi connectivity index (χ4v) is 0.891. The molecule has 0 atom stereocenters. The number of oxazole rings is 1. The van der Waals surface area contributed by atoms with Crippen molar-refractivity contribution in [1.82, 2.24) is 10.3 Å². The Kier molecular flexibility index (Phi) is 3.28. The van der Waals surface area contributed by atoms with Crippen LogP contribution in [-0.2, 0) is 11.3 Å². The third-order valence-electron chi connectivity index (χ3n) is 1.67. The van der Waals surface area contributed by atoms with Crippen molar-refractivity contribution in [3.05, 3.63) is 29.6 Å². The van der Waals surface area contributed by atoms with Crippen LogP contribution in [0.4, 0.5) is 0 Å². The van der Waals surface area contributed by atoms with E-state index in [4.69, 9.17) is 9.52 Å². The van der Waals surface area contributed by atoms with Gasteiger partial charge in [0, 0.05) is 12.3 Å². The van der Waals surface area contributed by atoms with Crippen LogP contribution in [0.15, 0.2) is 16.7 Å². The van der Waals surface area contributed by atoms with E-state index in [0.717, 1.165) is 17.5 Å². The number of carboxylic acid groups (broad SMARTS) is 1. The lowest BCUT2D eigenvalue weighted by molar-refractivity contribution is -0.131. The number of aromatic nitrogens is 1. The van der Waals surface area contributed by atoms with E-state index >= 15 is 0 Å². The van der Waals surface area contributed by atoms with Gasteiger partial charge in [-0.2, -0.15) is 0 Å². The predicted octanol–water partition coefficient (Wildman–Crippen LogP) is 0.979. The Morgan fingerprint density at radius 1 is 1.64 bits per heavy atom. The maximum atomic E-state index is 10.1. The van der Waals surface area contributed by atoms with Gasteiger partial charge in [0.2, 0.25) is 5.89 Å². The van der Waals surface area contributed by atoms with Crippen molar-refractivity contribution < 1.29 is 14.3 Å². The largest absolute Gasteiger partial charge is 0.478 e. The van der Waals surface area contributed by atoms with Crippen molar-refractivity contribution in [2.75, 3.05) is 0 Å². The van der Waals surface area contributed by atoms with Crippen molar-refractivity contribution in [2.45, 2.75) is 20.4 Å². The Bertz CT molecular complexity index is 335. The number of nitrogens with one attached hydrogen (secondary N) is 1. The number of hydrogen-bond donors (Lipinski definition) is 2. The number of hydrogen-bond acceptors (Lipinski definition) is 4. The van der Waals surface area contributed by atoms with Gasteiger partial charge in [-0.05, 0) is 13.8 Å². The van der Waals surface area contributed by atoms with E-state index in [2.05, 4.69) is 10.3 Å². The van der Waals surface area contributed by atoms with E-state index in [9.17, 15) is 4.79 Å². The molecule has 76 valence electrons. The van der Waals surface area contributed by atoms with Gasteiger partial charge in [0.05, 0.1) is 12.2 Å². The molecule has 0 radical (unpaired) electrons. The molecule has 5 heteroatoms. The summed E-state index contributed by atoms with van der Waals surface area (Å²) in [6.45, 7) is 4.08. The van der Waals surface area contributed by atoms with Crippen LogP contribution >= 0.6 is 0 Å². The highest BCUT2D eigenvalue weighted by Gasteiger charge is 2.03. The molecule has 1 rings (SSSR count). The van der Waals surface area contributed by atoms with E-state index < -0.39 is 5.97 Å². The van der Waals surface area contributed by atoms with Crippen LogP contribution in [-0.4, -0.2) is 16.1 Å². The first-order chi connectivity index (χ1) is 6.59. The SMILES string of the molecule is Cc1nc(CN/C=C/C(=O)O)oc1C. The highest BCUT2D eigenvalue weighted by atomic mass is 16.4. The van der Waals surface area contributed by atoms with E-state index in [-0.39, 0.29) is 0 Å². The summed E-state index contributed by atoms with van der Waals surface area (Å²) in [4.78, 5) is 14.2. The number of rotatable bonds is 4. The van der Waals surface area contributed by atoms with Gasteiger partial charge < -0.3 is 14.8 Å². The third kappa shape index (κ3) is 2.93. The molecule has 0 spiro atoms. The molecule has 1 aromatic rings. The summed E-state index contributed by atoms with van der Waals surface area (Å²) in [5, 5.41) is 11.0. The summed E-state index contributed by atoms with van der Waals surface area (Å²) >= 11 is 0. The summed E-state index contributed by atoms with van der Waals surface area (Å²) in [6.07, 6.45) is 2.36. The summed E-state index contributed by atoms with van der Waals surface area (Å²) in [6, 6.07) is 0. The average molecular weight is 196 g/mol. The van der Waals surface area contributed by atoms with Gasteiger partial charge in [0.15, 0.2) is 0 Å². The molecule has 5 nitrogen and oxygen atoms in total. The second kappa shape index (κ2) is 4.45. The molecular formula is C9H12N2O3. The lowest BCUT2D eigenvalue weighted by atomic mass is 10.4. The molecule has 0 unspecified atom stereocenters. The highest BCUT2D eigenvalue weighted by molar-refractivity contribution is 5.79. The molecule has 14 heavy (non-hydrogen) atoms. The quantitative estimate of drug-likeness (QED) is 0.702. The smallest absolute Gasteiger partial charge is 0.329 e. The van der Waals surface area contributed by atoms with Crippen LogP contribution < -0.4 is 5.32 Å². The topological polar surface area (TPSA) is 75.4 Å². The first-order valence-electron chi connectivity index (χ1n) is 4.15. The fraction of sp³-hybridized carbons (Fsp3) is 0.333. The summed E-state index contributed by atoms with van der Waals surface area (Å²) < 4.78 is 5.27. The van der Waals surface area contributed by atoms with E-state index in [1.165, 1.54) is 6.20 Å². The van der Waals surface area contributed by atoms with Crippen molar-refractivity contribution in [3.63, 3.8) is 0 Å². The molecule has 0 aliphatic carbocycles. The zero-order valence-corrected chi connectivity index (χ0v) is 8.07. The molecular weight excluding hydrogens is 184 g/mol. The first-order valence-corrected chi connectivity index (χ1v) is 4.15. The molecule has 0 amide bonds. The molecule has 1 heterocycles. The van der Waals surface area contributed by atoms with Crippen LogP contribution in [0.1, 0.15) is 17.3 Å². The first kappa shape index (κ1) is 10.3. The van der Waals surface area contributed by atoms with Crippen LogP contribution in [0.25, 0.3) is 0 Å². The van der Waals surface area contributed by atoms with Gasteiger partial charge in [-0.1, -0.05) is 0 Å². The molecule has 0 aromatic carbocycles. The van der Waals surface area contributed by atoms with Crippen molar-refractivity contribution >= 4 is 5.97 Å². The Morgan fingerprint density at radius 3 is 2.86 bits per heavy atom. The van der Waals surface area contributed by atoms with Crippen molar-refractivity contribution in [1.29, 1.82) is 0 Å². The monoisotopic (exact) mass is 196 g/mol. The molecule has 0 bridgehead atoms. The van der Waals surface area contributed by atoms with Crippen LogP contribution in [0, 0.1) is 13.8 Å². The zero-order valence-electron chi connectivity index (χ0n) is 8.07. The Balaban J connectivity index is 2.42. The maximum absolute atomic E-state index is 10.1. The van der Waals surface area contributed by atoms with Crippen LogP contribution in [0.3, 0.4) is 0 Å². The molecule has 0 fully saturated rings. The number of nitrogens with zero attached hydrogens (tertiary/aromatic N) is 1. The zero-order chi connectivity index (χ0) is 10.6. The molecule has 0 saturated heterocycles. The molecule has 0 saturated carbocycles. The van der Waals surface area contributed by atoms with Gasteiger partial charge >= 0.3 is 5.97 Å². The normalized spacial score (nSPS) is 10.7. The summed E-state index contributed by atoms with van der Waals surface area (Å²) in [5.41, 5.74) is 0.851. The van der Waals surface area contributed by atoms with Gasteiger partial charge in [-0.15, -0.1) is 0 Å². The second-order valence-electron chi connectivity index (χ2n) is 2.80. The van der Waals surface area contributed by atoms with E-state index in [1.54, 1.807) is 0 Å². The van der Waals surface area contributed by atoms with Gasteiger partial charge in [-0.25, -0.2) is 9.78 Å². The number of aliphatic carboxylic acids is 1. The van der Waals surface area contributed by atoms with Crippen LogP contribution in [0.2, 0.25) is 0 Å². The van der Waals surface area contributed by atoms with Crippen LogP contribution in [0.5, 0.6) is 0 Å². The Morgan fingerprint density at radius 2 is 2.36 bits per heavy atom. The minimum Gasteiger partial charge on any atom is -0.478 e. The highest BCUT2D eigenvalue weighted by Crippen LogP contribution is 2.07. The number of carboxylic acids is 1. The fourth-order valence-electron chi connectivity index (χ4n) is 0.891. The molecule has 0 aliphatic heterocycles. The average Bonchev–Trinajstić information content (AvgIpc) is 2.40. The molecule has 2 N–H and O–H groups in total. The van der Waals surface area contributed by atoms with Gasteiger partial charge in [0.1, 0.15) is 5.76 Å². The summed E-state index contributed by atoms with van der Waals surface area (Å²) in [7, 11) is 0. The third-order valence-corrected chi connectivity index (χ3v) is 1.67. The van der Waals surface area contributed by atoms with E-state index in [0.29, 0.717) is 12.4 Å². The Hall–Kier alpha value is -1.78. The van der Waals surface area contributed by atoms with Crippen molar-refractivity contribution in [3.8, 4) is 0 Å². The lowest BCUT2D eigenvalue weighted by Crippen LogP contribution is -2.05. The van der Waals surface area contributed by atoms with Gasteiger partial charge in [0.25, 0.3) is 0 Å². The molecule has 1 aromatic heterocycles. The number of carbonyl (C=O) groups is 1. The minimum absolute atomic E-state index is 0.387. The molecule has 0 aliphatic rings. The lowest BCUT2D eigenvalue weighted by Gasteiger charge is -1.93. The van der Waals surface area contributed by atoms with Crippen molar-refractivity contribution in [2.24, 2.45) is 0 Å². The van der Waals surface area contributed by atoms with Gasteiger partial charge in [-0.3, -0.25) is 0 Å². The minimum atomic E-state index is -0.989. The Labute approximate surface area is 81.5 Å². The predicted molar refractivity (Wildman–Crippen MR) is 49.6 cm³/mol. The van der Waals surface area contributed by atoms with E-state index in [1.807, 2.05) is 13.8 Å². The number of aryl methyl sites for hydroxylation is 2.